The van der Waals surface area contributed by atoms with Crippen molar-refractivity contribution in [3.63, 3.8) is 0 Å². The minimum absolute atomic E-state index is 0.843. The number of aromatic nitrogens is 2. The van der Waals surface area contributed by atoms with E-state index in [1.807, 2.05) is 6.07 Å². The topological polar surface area (TPSA) is 37.8 Å². The molecule has 0 radical (unpaired) electrons. The molecule has 0 aliphatic carbocycles. The van der Waals surface area contributed by atoms with Gasteiger partial charge in [0.25, 0.3) is 0 Å². The first-order valence-electron chi connectivity index (χ1n) is 4.06. The fraction of sp³-hybridized carbons (Fsp3) is 0.500. The van der Waals surface area contributed by atoms with Gasteiger partial charge in [-0.15, -0.1) is 0 Å². The van der Waals surface area contributed by atoms with Crippen molar-refractivity contribution in [2.24, 2.45) is 0 Å². The molecular formula is C8H13N3S. The van der Waals surface area contributed by atoms with Crippen LogP contribution in [0.15, 0.2) is 17.4 Å². The van der Waals surface area contributed by atoms with Crippen LogP contribution in [0.2, 0.25) is 0 Å². The summed E-state index contributed by atoms with van der Waals surface area (Å²) in [6.45, 7) is 5.04. The van der Waals surface area contributed by atoms with Crippen molar-refractivity contribution in [3.8, 4) is 0 Å². The molecule has 3 nitrogen and oxygen atoms in total. The van der Waals surface area contributed by atoms with Crippen LogP contribution in [0.1, 0.15) is 13.8 Å². The minimum Gasteiger partial charge on any atom is -0.370 e. The van der Waals surface area contributed by atoms with Gasteiger partial charge in [-0.05, 0) is 18.7 Å². The van der Waals surface area contributed by atoms with Crippen molar-refractivity contribution in [3.05, 3.63) is 12.3 Å². The Balaban J connectivity index is 2.67. The molecule has 0 unspecified atom stereocenters. The second kappa shape index (κ2) is 4.98. The lowest BCUT2D eigenvalue weighted by molar-refractivity contribution is 0.960. The van der Waals surface area contributed by atoms with Gasteiger partial charge < -0.3 is 5.32 Å². The van der Waals surface area contributed by atoms with E-state index < -0.39 is 0 Å². The third kappa shape index (κ3) is 2.70. The van der Waals surface area contributed by atoms with Crippen LogP contribution in [0.25, 0.3) is 0 Å². The summed E-state index contributed by atoms with van der Waals surface area (Å²) in [6.07, 6.45) is 1.78. The van der Waals surface area contributed by atoms with Crippen molar-refractivity contribution in [2.45, 2.75) is 19.0 Å². The third-order valence-corrected chi connectivity index (χ3v) is 2.01. The number of nitrogens with zero attached hydrogens (tertiary/aromatic N) is 2. The summed E-state index contributed by atoms with van der Waals surface area (Å²) in [5.41, 5.74) is 0. The summed E-state index contributed by atoms with van der Waals surface area (Å²) in [6, 6.07) is 1.88. The maximum atomic E-state index is 4.29. The van der Waals surface area contributed by atoms with Crippen LogP contribution in [0, 0.1) is 0 Å². The number of hydrogen-bond donors (Lipinski definition) is 1. The highest BCUT2D eigenvalue weighted by Crippen LogP contribution is 2.13. The molecule has 1 N–H and O–H groups in total. The van der Waals surface area contributed by atoms with Gasteiger partial charge in [-0.3, -0.25) is 0 Å². The van der Waals surface area contributed by atoms with Gasteiger partial charge in [0.15, 0.2) is 5.16 Å². The zero-order valence-electron chi connectivity index (χ0n) is 7.37. The van der Waals surface area contributed by atoms with Gasteiger partial charge in [0.1, 0.15) is 5.82 Å². The zero-order chi connectivity index (χ0) is 8.81. The molecule has 0 aliphatic rings. The molecule has 4 heteroatoms. The Morgan fingerprint density at radius 2 is 2.33 bits per heavy atom. The normalized spacial score (nSPS) is 9.83. The van der Waals surface area contributed by atoms with E-state index in [0.29, 0.717) is 0 Å². The van der Waals surface area contributed by atoms with Crippen LogP contribution in [-0.4, -0.2) is 22.3 Å². The monoisotopic (exact) mass is 183 g/mol. The minimum atomic E-state index is 0.843. The van der Waals surface area contributed by atoms with Crippen LogP contribution in [0.5, 0.6) is 0 Å². The van der Waals surface area contributed by atoms with E-state index in [1.165, 1.54) is 0 Å². The fourth-order valence-corrected chi connectivity index (χ4v) is 1.38. The molecule has 0 atom stereocenters. The predicted octanol–water partition coefficient (Wildman–Crippen LogP) is 2.02. The van der Waals surface area contributed by atoms with Gasteiger partial charge in [-0.1, -0.05) is 18.7 Å². The largest absolute Gasteiger partial charge is 0.370 e. The number of thioether (sulfide) groups is 1. The molecule has 0 aliphatic heterocycles. The Hall–Kier alpha value is -0.770. The van der Waals surface area contributed by atoms with Crippen molar-refractivity contribution < 1.29 is 0 Å². The van der Waals surface area contributed by atoms with E-state index in [9.17, 15) is 0 Å². The van der Waals surface area contributed by atoms with E-state index in [4.69, 9.17) is 0 Å². The number of hydrogen-bond acceptors (Lipinski definition) is 4. The third-order valence-electron chi connectivity index (χ3n) is 1.26. The Morgan fingerprint density at radius 1 is 1.50 bits per heavy atom. The van der Waals surface area contributed by atoms with Crippen molar-refractivity contribution in [2.75, 3.05) is 17.6 Å². The van der Waals surface area contributed by atoms with E-state index in [-0.39, 0.29) is 0 Å². The van der Waals surface area contributed by atoms with Crippen molar-refractivity contribution >= 4 is 17.6 Å². The molecule has 1 aromatic heterocycles. The molecular weight excluding hydrogens is 170 g/mol. The molecule has 0 spiro atoms. The molecule has 1 aromatic rings. The molecule has 12 heavy (non-hydrogen) atoms. The molecule has 0 aromatic carbocycles. The second-order valence-electron chi connectivity index (χ2n) is 2.19. The maximum absolute atomic E-state index is 4.29. The summed E-state index contributed by atoms with van der Waals surface area (Å²) in [7, 11) is 0. The van der Waals surface area contributed by atoms with E-state index in [0.717, 1.165) is 23.3 Å². The summed E-state index contributed by atoms with van der Waals surface area (Å²) in [4.78, 5) is 8.42. The molecule has 0 fully saturated rings. The molecule has 1 heterocycles. The molecule has 0 bridgehead atoms. The SMILES string of the molecule is CCNc1ccnc(SCC)n1. The lowest BCUT2D eigenvalue weighted by Gasteiger charge is -2.02. The lowest BCUT2D eigenvalue weighted by atomic mass is 10.6. The van der Waals surface area contributed by atoms with Gasteiger partial charge in [0.2, 0.25) is 0 Å². The smallest absolute Gasteiger partial charge is 0.189 e. The molecule has 66 valence electrons. The Labute approximate surface area is 77.0 Å². The Morgan fingerprint density at radius 3 is 3.00 bits per heavy atom. The van der Waals surface area contributed by atoms with Gasteiger partial charge >= 0.3 is 0 Å². The predicted molar refractivity (Wildman–Crippen MR) is 52.6 cm³/mol. The summed E-state index contributed by atoms with van der Waals surface area (Å²) >= 11 is 1.65. The van der Waals surface area contributed by atoms with Crippen LogP contribution in [0.4, 0.5) is 5.82 Å². The molecule has 0 amide bonds. The quantitative estimate of drug-likeness (QED) is 0.572. The van der Waals surface area contributed by atoms with E-state index in [1.54, 1.807) is 18.0 Å². The van der Waals surface area contributed by atoms with Crippen molar-refractivity contribution in [1.82, 2.24) is 9.97 Å². The van der Waals surface area contributed by atoms with Gasteiger partial charge in [-0.2, -0.15) is 0 Å². The van der Waals surface area contributed by atoms with Crippen LogP contribution < -0.4 is 5.32 Å². The average molecular weight is 183 g/mol. The van der Waals surface area contributed by atoms with Crippen LogP contribution >= 0.6 is 11.8 Å². The Bertz CT molecular complexity index is 218. The number of nitrogens with one attached hydrogen (secondary N) is 1. The molecule has 0 saturated carbocycles. The summed E-state index contributed by atoms with van der Waals surface area (Å²) < 4.78 is 0. The first-order valence-corrected chi connectivity index (χ1v) is 5.05. The standard InChI is InChI=1S/C8H13N3S/c1-3-9-7-5-6-10-8(11-7)12-4-2/h5-6H,3-4H2,1-2H3,(H,9,10,11). The first-order chi connectivity index (χ1) is 5.86. The highest BCUT2D eigenvalue weighted by molar-refractivity contribution is 7.99. The molecule has 0 saturated heterocycles. The fourth-order valence-electron chi connectivity index (χ4n) is 0.819. The Kier molecular flexibility index (Phi) is 3.87. The van der Waals surface area contributed by atoms with Crippen molar-refractivity contribution in [1.29, 1.82) is 0 Å². The second-order valence-corrected chi connectivity index (χ2v) is 3.42. The van der Waals surface area contributed by atoms with Gasteiger partial charge in [-0.25, -0.2) is 9.97 Å². The summed E-state index contributed by atoms with van der Waals surface area (Å²) in [5, 5.41) is 3.99. The van der Waals surface area contributed by atoms with E-state index >= 15 is 0 Å². The summed E-state index contributed by atoms with van der Waals surface area (Å²) in [5.74, 6) is 1.92. The average Bonchev–Trinajstić information content (AvgIpc) is 2.06. The van der Waals surface area contributed by atoms with Gasteiger partial charge in [0, 0.05) is 12.7 Å². The highest BCUT2D eigenvalue weighted by Gasteiger charge is 1.96. The van der Waals surface area contributed by atoms with Crippen LogP contribution in [-0.2, 0) is 0 Å². The van der Waals surface area contributed by atoms with Gasteiger partial charge in [0.05, 0.1) is 0 Å². The zero-order valence-corrected chi connectivity index (χ0v) is 8.19. The first kappa shape index (κ1) is 9.32. The highest BCUT2D eigenvalue weighted by atomic mass is 32.2. The molecule has 1 rings (SSSR count). The lowest BCUT2D eigenvalue weighted by Crippen LogP contribution is -2.00. The number of anilines is 1. The maximum Gasteiger partial charge on any atom is 0.189 e. The van der Waals surface area contributed by atoms with Crippen LogP contribution in [0.3, 0.4) is 0 Å². The number of rotatable bonds is 4. The van der Waals surface area contributed by atoms with E-state index in [2.05, 4.69) is 29.1 Å².